The van der Waals surface area contributed by atoms with E-state index < -0.39 is 5.91 Å². The number of anilines is 2. The van der Waals surface area contributed by atoms with Crippen molar-refractivity contribution in [2.75, 3.05) is 11.9 Å². The first kappa shape index (κ1) is 43.5. The van der Waals surface area contributed by atoms with E-state index in [2.05, 4.69) is 57.4 Å². The van der Waals surface area contributed by atoms with Crippen LogP contribution in [0.3, 0.4) is 0 Å². The molecule has 0 spiro atoms. The average Bonchev–Trinajstić information content (AvgIpc) is 3.19. The van der Waals surface area contributed by atoms with Gasteiger partial charge in [-0.2, -0.15) is 0 Å². The topological polar surface area (TPSA) is 101 Å². The van der Waals surface area contributed by atoms with E-state index in [-0.39, 0.29) is 50.5 Å². The number of pyridine rings is 1. The Morgan fingerprint density at radius 3 is 2.12 bits per heavy atom. The predicted octanol–water partition coefficient (Wildman–Crippen LogP) is 14.6. The molecule has 0 unspecified atom stereocenters. The minimum Gasteiger partial charge on any atom is -0.507 e. The van der Waals surface area contributed by atoms with E-state index in [1.165, 1.54) is 6.07 Å². The van der Waals surface area contributed by atoms with Gasteiger partial charge in [-0.05, 0) is 77.3 Å². The minimum atomic E-state index is -0.416. The molecule has 1 aromatic heterocycles. The molecule has 1 aliphatic carbocycles. The van der Waals surface area contributed by atoms with Gasteiger partial charge in [0, 0.05) is 39.7 Å². The number of benzene rings is 5. The SMILES string of the molecule is CC.CCCCNC(=O)c1c(-c2cc(Cl)ccc2O)nc2c(Oc3ccc(C(C)(C)CC(C)(C)C)cc3)cc(Nc3c(Cl)cccc3Cl)c3c2c1-c1ccccc1C3=O. The molecule has 7 nitrogen and oxygen atoms in total. The molecule has 0 atom stereocenters. The number of aromatic nitrogens is 1. The summed E-state index contributed by atoms with van der Waals surface area (Å²) in [5.41, 5.74) is 4.50. The van der Waals surface area contributed by atoms with Crippen LogP contribution in [0.5, 0.6) is 17.2 Å². The zero-order valence-electron chi connectivity index (χ0n) is 34.7. The predicted molar refractivity (Wildman–Crippen MR) is 245 cm³/mol. The smallest absolute Gasteiger partial charge is 0.254 e. The van der Waals surface area contributed by atoms with Crippen molar-refractivity contribution in [3.63, 3.8) is 0 Å². The maximum Gasteiger partial charge on any atom is 0.254 e. The molecule has 1 heterocycles. The Bertz CT molecular complexity index is 2540. The van der Waals surface area contributed by atoms with Gasteiger partial charge in [0.1, 0.15) is 17.0 Å². The number of amides is 1. The van der Waals surface area contributed by atoms with Crippen LogP contribution in [0.2, 0.25) is 15.1 Å². The molecule has 0 bridgehead atoms. The molecule has 0 fully saturated rings. The van der Waals surface area contributed by atoms with Gasteiger partial charge in [0.25, 0.3) is 5.91 Å². The molecule has 0 radical (unpaired) electrons. The second-order valence-electron chi connectivity index (χ2n) is 16.3. The van der Waals surface area contributed by atoms with Crippen LogP contribution in [0.4, 0.5) is 11.4 Å². The van der Waals surface area contributed by atoms with Gasteiger partial charge in [0.15, 0.2) is 11.5 Å². The highest BCUT2D eigenvalue weighted by atomic mass is 35.5. The van der Waals surface area contributed by atoms with Crippen LogP contribution in [0.25, 0.3) is 33.3 Å². The second-order valence-corrected chi connectivity index (χ2v) is 17.6. The first-order valence-electron chi connectivity index (χ1n) is 20.0. The zero-order valence-corrected chi connectivity index (χ0v) is 37.0. The van der Waals surface area contributed by atoms with Gasteiger partial charge in [-0.15, -0.1) is 0 Å². The Morgan fingerprint density at radius 1 is 0.814 bits per heavy atom. The fourth-order valence-electron chi connectivity index (χ4n) is 7.99. The van der Waals surface area contributed by atoms with E-state index in [1.807, 2.05) is 45.0 Å². The van der Waals surface area contributed by atoms with Crippen molar-refractivity contribution in [2.45, 2.75) is 80.1 Å². The lowest BCUT2D eigenvalue weighted by Gasteiger charge is -2.33. The van der Waals surface area contributed by atoms with Crippen LogP contribution in [-0.4, -0.2) is 28.3 Å². The molecular formula is C49H50Cl3N3O4. The Balaban J connectivity index is 0.00000288. The summed E-state index contributed by atoms with van der Waals surface area (Å²) in [5.74, 6) is -0.00919. The molecule has 0 saturated carbocycles. The Labute approximate surface area is 362 Å². The van der Waals surface area contributed by atoms with Crippen molar-refractivity contribution in [3.8, 4) is 39.6 Å². The lowest BCUT2D eigenvalue weighted by Crippen LogP contribution is -2.27. The van der Waals surface area contributed by atoms with E-state index in [9.17, 15) is 14.7 Å². The number of aromatic hydroxyl groups is 1. The summed E-state index contributed by atoms with van der Waals surface area (Å²) in [6, 6.07) is 26.6. The first-order valence-corrected chi connectivity index (χ1v) is 21.2. The number of carbonyl (C=O) groups is 2. The third kappa shape index (κ3) is 8.94. The molecule has 6 aromatic rings. The van der Waals surface area contributed by atoms with E-state index in [0.717, 1.165) is 24.8 Å². The molecule has 10 heteroatoms. The first-order chi connectivity index (χ1) is 28.1. The van der Waals surface area contributed by atoms with Crippen molar-refractivity contribution < 1.29 is 19.4 Å². The van der Waals surface area contributed by atoms with Crippen LogP contribution in [0.1, 0.15) is 106 Å². The highest BCUT2D eigenvalue weighted by Gasteiger charge is 2.36. The summed E-state index contributed by atoms with van der Waals surface area (Å²) in [6.45, 7) is 17.6. The van der Waals surface area contributed by atoms with Crippen LogP contribution >= 0.6 is 34.8 Å². The fraction of sp³-hybridized carbons (Fsp3) is 0.286. The summed E-state index contributed by atoms with van der Waals surface area (Å²) in [6.07, 6.45) is 2.58. The molecule has 1 aliphatic rings. The molecule has 306 valence electrons. The molecule has 5 aromatic carbocycles. The number of phenolic OH excluding ortho intramolecular Hbond substituents is 1. The van der Waals surface area contributed by atoms with Gasteiger partial charge >= 0.3 is 0 Å². The van der Waals surface area contributed by atoms with Gasteiger partial charge in [-0.3, -0.25) is 9.59 Å². The number of unbranched alkanes of at least 4 members (excludes halogenated alkanes) is 1. The lowest BCUT2D eigenvalue weighted by molar-refractivity contribution is 0.0952. The molecular weight excluding hydrogens is 801 g/mol. The normalized spacial score (nSPS) is 12.1. The van der Waals surface area contributed by atoms with Crippen molar-refractivity contribution in [1.29, 1.82) is 0 Å². The molecule has 7 rings (SSSR count). The minimum absolute atomic E-state index is 0.0976. The van der Waals surface area contributed by atoms with E-state index in [0.29, 0.717) is 66.3 Å². The molecule has 0 saturated heterocycles. The zero-order chi connectivity index (χ0) is 42.8. The Kier molecular flexibility index (Phi) is 13.0. The van der Waals surface area contributed by atoms with Crippen molar-refractivity contribution >= 4 is 68.8 Å². The summed E-state index contributed by atoms with van der Waals surface area (Å²) in [4.78, 5) is 34.5. The van der Waals surface area contributed by atoms with Crippen LogP contribution < -0.4 is 15.4 Å². The van der Waals surface area contributed by atoms with Gasteiger partial charge in [-0.25, -0.2) is 4.98 Å². The number of ketones is 1. The van der Waals surface area contributed by atoms with Crippen molar-refractivity contribution in [1.82, 2.24) is 10.3 Å². The van der Waals surface area contributed by atoms with Gasteiger partial charge in [0.2, 0.25) is 0 Å². The number of nitrogens with zero attached hydrogens (tertiary/aromatic N) is 1. The molecule has 1 amide bonds. The number of phenols is 1. The van der Waals surface area contributed by atoms with E-state index in [1.54, 1.807) is 48.5 Å². The largest absolute Gasteiger partial charge is 0.507 e. The quantitative estimate of drug-likeness (QED) is 0.112. The highest BCUT2D eigenvalue weighted by molar-refractivity contribution is 6.39. The van der Waals surface area contributed by atoms with Crippen molar-refractivity contribution in [2.24, 2.45) is 5.41 Å². The summed E-state index contributed by atoms with van der Waals surface area (Å²) in [5, 5.41) is 19.2. The number of nitrogens with one attached hydrogen (secondary N) is 2. The monoisotopic (exact) mass is 849 g/mol. The second kappa shape index (κ2) is 17.6. The highest BCUT2D eigenvalue weighted by Crippen LogP contribution is 2.51. The fourth-order valence-corrected chi connectivity index (χ4v) is 8.65. The maximum absolute atomic E-state index is 14.8. The van der Waals surface area contributed by atoms with E-state index in [4.69, 9.17) is 44.5 Å². The lowest BCUT2D eigenvalue weighted by atomic mass is 9.72. The third-order valence-electron chi connectivity index (χ3n) is 10.2. The van der Waals surface area contributed by atoms with Crippen LogP contribution in [0, 0.1) is 5.41 Å². The van der Waals surface area contributed by atoms with Crippen molar-refractivity contribution in [3.05, 3.63) is 128 Å². The number of para-hydroxylation sites is 1. The van der Waals surface area contributed by atoms with Gasteiger partial charge in [-0.1, -0.05) is 139 Å². The van der Waals surface area contributed by atoms with Gasteiger partial charge in [0.05, 0.1) is 38.2 Å². The number of hydrogen-bond donors (Lipinski definition) is 3. The standard InChI is InChI=1S/C47H44Cl3N3O4.C2H6/c1-7-8-22-51-45(56)40-37-29-12-9-10-13-30(29)44(55)38-34(52-42-32(49)14-11-15-33(42)50)24-36(43(39(37)38)53-41(40)31-23-27(48)18-21-35(31)54)57-28-19-16-26(17-20-28)47(5,6)25-46(2,3)4;1-2/h9-21,23-24,52,54H,7-8,22,25H2,1-6H3,(H,51,56);1-2H3. The Hall–Kier alpha value is -5.08. The molecule has 0 aliphatic heterocycles. The Morgan fingerprint density at radius 2 is 1.47 bits per heavy atom. The third-order valence-corrected chi connectivity index (χ3v) is 11.1. The summed E-state index contributed by atoms with van der Waals surface area (Å²) < 4.78 is 6.76. The number of fused-ring (bicyclic) bond motifs is 2. The van der Waals surface area contributed by atoms with Crippen LogP contribution in [-0.2, 0) is 5.41 Å². The van der Waals surface area contributed by atoms with E-state index >= 15 is 0 Å². The summed E-state index contributed by atoms with van der Waals surface area (Å²) >= 11 is 19.9. The molecule has 59 heavy (non-hydrogen) atoms. The average molecular weight is 851 g/mol. The number of carbonyl (C=O) groups excluding carboxylic acids is 2. The number of hydrogen-bond acceptors (Lipinski definition) is 6. The van der Waals surface area contributed by atoms with Gasteiger partial charge < -0.3 is 20.5 Å². The number of ether oxygens (including phenoxy) is 1. The molecule has 3 N–H and O–H groups in total. The number of rotatable bonds is 11. The maximum atomic E-state index is 14.8. The number of halogens is 3. The summed E-state index contributed by atoms with van der Waals surface area (Å²) in [7, 11) is 0. The van der Waals surface area contributed by atoms with Crippen LogP contribution in [0.15, 0.2) is 91.0 Å².